The summed E-state index contributed by atoms with van der Waals surface area (Å²) in [5, 5.41) is 6.67. The number of carbonyl (C=O) groups is 2. The number of fused-ring (bicyclic) bond motifs is 3. The lowest BCUT2D eigenvalue weighted by molar-refractivity contribution is 0.0678. The van der Waals surface area contributed by atoms with Gasteiger partial charge < -0.3 is 20.1 Å². The lowest BCUT2D eigenvalue weighted by Gasteiger charge is -2.36. The maximum absolute atomic E-state index is 13.8. The fraction of sp³-hybridized carbons (Fsp3) is 0.267. The van der Waals surface area contributed by atoms with Crippen molar-refractivity contribution in [2.45, 2.75) is 25.7 Å². The fourth-order valence-electron chi connectivity index (χ4n) is 5.53. The minimum atomic E-state index is -0.290. The molecule has 10 heteroatoms. The maximum atomic E-state index is 13.8. The van der Waals surface area contributed by atoms with Crippen LogP contribution < -0.4 is 20.1 Å². The second-order valence-corrected chi connectivity index (χ2v) is 10.6. The molecule has 1 aromatic heterocycles. The Hall–Kier alpha value is -3.88. The molecule has 1 heterocycles. The molecule has 8 nitrogen and oxygen atoms in total. The van der Waals surface area contributed by atoms with Gasteiger partial charge in [-0.1, -0.05) is 54.2 Å². The number of nitrogens with zero attached hydrogens (tertiary/aromatic N) is 2. The smallest absolute Gasteiger partial charge is 0.169 e. The lowest BCUT2D eigenvalue weighted by Crippen LogP contribution is -2.39. The molecule has 1 saturated carbocycles. The van der Waals surface area contributed by atoms with Gasteiger partial charge in [0, 0.05) is 29.3 Å². The van der Waals surface area contributed by atoms with Gasteiger partial charge in [0.25, 0.3) is 0 Å². The third-order valence-electron chi connectivity index (χ3n) is 7.44. The quantitative estimate of drug-likeness (QED) is 0.216. The molecule has 2 atom stereocenters. The molecule has 3 aromatic carbocycles. The normalized spacial score (nSPS) is 18.1. The molecule has 2 N–H and O–H groups in total. The van der Waals surface area contributed by atoms with Crippen molar-refractivity contribution in [3.63, 3.8) is 0 Å². The number of halogens is 2. The van der Waals surface area contributed by atoms with Crippen LogP contribution in [-0.4, -0.2) is 35.0 Å². The van der Waals surface area contributed by atoms with Gasteiger partial charge in [-0.05, 0) is 49.2 Å². The van der Waals surface area contributed by atoms with E-state index in [1.165, 1.54) is 0 Å². The highest BCUT2D eigenvalue weighted by Crippen LogP contribution is 2.44. The predicted octanol–water partition coefficient (Wildman–Crippen LogP) is 7.02. The van der Waals surface area contributed by atoms with E-state index in [9.17, 15) is 9.59 Å². The summed E-state index contributed by atoms with van der Waals surface area (Å²) in [5.41, 5.74) is 3.11. The molecule has 2 aliphatic carbocycles. The first-order chi connectivity index (χ1) is 19.5. The molecule has 40 heavy (non-hydrogen) atoms. The van der Waals surface area contributed by atoms with Crippen molar-refractivity contribution in [2.24, 2.45) is 11.8 Å². The van der Waals surface area contributed by atoms with E-state index in [0.29, 0.717) is 45.0 Å². The molecule has 0 spiro atoms. The van der Waals surface area contributed by atoms with E-state index in [0.717, 1.165) is 25.7 Å². The van der Waals surface area contributed by atoms with Crippen LogP contribution in [0.4, 0.5) is 11.4 Å². The Labute approximate surface area is 241 Å². The first kappa shape index (κ1) is 26.3. The van der Waals surface area contributed by atoms with Crippen LogP contribution in [0.3, 0.4) is 0 Å². The summed E-state index contributed by atoms with van der Waals surface area (Å²) >= 11 is 12.0. The van der Waals surface area contributed by atoms with Crippen LogP contribution in [0.1, 0.15) is 46.4 Å². The van der Waals surface area contributed by atoms with Crippen molar-refractivity contribution < 1.29 is 19.1 Å². The van der Waals surface area contributed by atoms with Gasteiger partial charge in [0.15, 0.2) is 35.3 Å². The highest BCUT2D eigenvalue weighted by atomic mass is 35.5. The maximum Gasteiger partial charge on any atom is 0.169 e. The fourth-order valence-corrected chi connectivity index (χ4v) is 5.80. The van der Waals surface area contributed by atoms with E-state index in [1.807, 2.05) is 30.3 Å². The second kappa shape index (κ2) is 11.3. The third kappa shape index (κ3) is 5.17. The zero-order valence-electron chi connectivity index (χ0n) is 21.5. The molecular formula is C30H26Cl2N4O4. The summed E-state index contributed by atoms with van der Waals surface area (Å²) in [4.78, 5) is 36.0. The molecule has 6 rings (SSSR count). The summed E-state index contributed by atoms with van der Waals surface area (Å²) < 4.78 is 11.7. The molecule has 1 fully saturated rings. The van der Waals surface area contributed by atoms with E-state index in [2.05, 4.69) is 20.6 Å². The summed E-state index contributed by atoms with van der Waals surface area (Å²) in [6.07, 6.45) is 3.36. The molecule has 4 aromatic rings. The zero-order valence-corrected chi connectivity index (χ0v) is 23.0. The van der Waals surface area contributed by atoms with Crippen LogP contribution in [-0.2, 0) is 0 Å². The number of ketones is 2. The number of aromatic nitrogens is 2. The number of anilines is 2. The number of benzene rings is 3. The van der Waals surface area contributed by atoms with Crippen molar-refractivity contribution in [3.05, 3.63) is 82.1 Å². The Bertz CT molecular complexity index is 1600. The number of Topliss-reactive ketones (excluding diaryl/α,β-unsaturated/α-hetero) is 2. The average molecular weight is 577 g/mol. The van der Waals surface area contributed by atoms with Crippen molar-refractivity contribution in [1.82, 2.24) is 9.97 Å². The van der Waals surface area contributed by atoms with Crippen LogP contribution in [0, 0.1) is 11.8 Å². The van der Waals surface area contributed by atoms with Gasteiger partial charge >= 0.3 is 0 Å². The van der Waals surface area contributed by atoms with Crippen LogP contribution >= 0.6 is 23.2 Å². The molecule has 0 bridgehead atoms. The van der Waals surface area contributed by atoms with Crippen molar-refractivity contribution in [2.75, 3.05) is 24.1 Å². The highest BCUT2D eigenvalue weighted by molar-refractivity contribution is 6.40. The number of hydrogen-bond acceptors (Lipinski definition) is 8. The number of para-hydroxylation sites is 1. The minimum Gasteiger partial charge on any atom is -0.473 e. The average Bonchev–Trinajstić information content (AvgIpc) is 2.97. The summed E-state index contributed by atoms with van der Waals surface area (Å²) in [6.45, 7) is 0.216. The Morgan fingerprint density at radius 2 is 1.25 bits per heavy atom. The number of rotatable bonds is 8. The van der Waals surface area contributed by atoms with Gasteiger partial charge in [-0.25, -0.2) is 9.97 Å². The highest BCUT2D eigenvalue weighted by Gasteiger charge is 2.44. The van der Waals surface area contributed by atoms with E-state index in [1.54, 1.807) is 30.3 Å². The zero-order chi connectivity index (χ0) is 27.6. The summed E-state index contributed by atoms with van der Waals surface area (Å²) in [6, 6.07) is 18.2. The van der Waals surface area contributed by atoms with Gasteiger partial charge in [-0.15, -0.1) is 0 Å². The summed E-state index contributed by atoms with van der Waals surface area (Å²) in [7, 11) is 0. The Kier molecular flexibility index (Phi) is 7.45. The molecule has 2 aliphatic rings. The van der Waals surface area contributed by atoms with Gasteiger partial charge in [-0.3, -0.25) is 9.59 Å². The van der Waals surface area contributed by atoms with Gasteiger partial charge in [0.1, 0.15) is 11.5 Å². The number of hydrogen-bond donors (Lipinski definition) is 2. The molecule has 0 aliphatic heterocycles. The van der Waals surface area contributed by atoms with Crippen LogP contribution in [0.15, 0.2) is 60.7 Å². The van der Waals surface area contributed by atoms with Crippen LogP contribution in [0.25, 0.3) is 11.0 Å². The van der Waals surface area contributed by atoms with Crippen LogP contribution in [0.5, 0.6) is 11.5 Å². The standard InChI is InChI=1S/C30H26Cl2N4O4/c31-29-30(32)36-24-14-18(10-11-21(24)35-29)40-16-34-23-13-12-22(33-15-39-17-6-2-1-3-7-17)25-26(23)28(38)20-9-5-4-8-19(20)27(25)37/h1-3,6-7,10-14,19-20,33-34H,4-5,8-9,15-16H2. The minimum absolute atomic E-state index is 0.00179. The Morgan fingerprint density at radius 3 is 1.85 bits per heavy atom. The molecule has 0 amide bonds. The molecular weight excluding hydrogens is 551 g/mol. The van der Waals surface area contributed by atoms with E-state index in [4.69, 9.17) is 32.7 Å². The third-order valence-corrected chi connectivity index (χ3v) is 8.06. The number of nitrogens with one attached hydrogen (secondary N) is 2. The topological polar surface area (TPSA) is 102 Å². The Morgan fingerprint density at radius 1 is 0.700 bits per heavy atom. The molecule has 2 unspecified atom stereocenters. The van der Waals surface area contributed by atoms with Gasteiger partial charge in [0.2, 0.25) is 0 Å². The van der Waals surface area contributed by atoms with Gasteiger partial charge in [-0.2, -0.15) is 0 Å². The predicted molar refractivity (Wildman–Crippen MR) is 155 cm³/mol. The SMILES string of the molecule is O=C1c2c(NCOc3ccccc3)ccc(NCOc3ccc4nc(Cl)c(Cl)nc4c3)c2C(=O)C2CCCCC12. The van der Waals surface area contributed by atoms with Crippen molar-refractivity contribution in [3.8, 4) is 11.5 Å². The van der Waals surface area contributed by atoms with E-state index < -0.39 is 0 Å². The number of ether oxygens (including phenoxy) is 2. The number of carbonyl (C=O) groups excluding carboxylic acids is 2. The largest absolute Gasteiger partial charge is 0.473 e. The lowest BCUT2D eigenvalue weighted by atomic mass is 9.67. The van der Waals surface area contributed by atoms with Crippen LogP contribution in [0.2, 0.25) is 10.3 Å². The molecule has 0 saturated heterocycles. The first-order valence-corrected chi connectivity index (χ1v) is 13.9. The van der Waals surface area contributed by atoms with Crippen molar-refractivity contribution in [1.29, 1.82) is 0 Å². The first-order valence-electron chi connectivity index (χ1n) is 13.2. The van der Waals surface area contributed by atoms with Gasteiger partial charge in [0.05, 0.1) is 22.2 Å². The van der Waals surface area contributed by atoms with E-state index >= 15 is 0 Å². The van der Waals surface area contributed by atoms with Crippen molar-refractivity contribution >= 4 is 57.2 Å². The Balaban J connectivity index is 1.24. The summed E-state index contributed by atoms with van der Waals surface area (Å²) in [5.74, 6) is 0.681. The second-order valence-electron chi connectivity index (χ2n) is 9.84. The molecule has 204 valence electrons. The van der Waals surface area contributed by atoms with E-state index in [-0.39, 0.29) is 47.2 Å². The molecule has 0 radical (unpaired) electrons. The monoisotopic (exact) mass is 576 g/mol.